The minimum absolute atomic E-state index is 0.209. The molecule has 7 nitrogen and oxygen atoms in total. The van der Waals surface area contributed by atoms with Gasteiger partial charge in [-0.1, -0.05) is 23.7 Å². The van der Waals surface area contributed by atoms with Crippen molar-refractivity contribution in [1.82, 2.24) is 15.2 Å². The van der Waals surface area contributed by atoms with Gasteiger partial charge in [0.25, 0.3) is 0 Å². The lowest BCUT2D eigenvalue weighted by Gasteiger charge is -2.42. The van der Waals surface area contributed by atoms with Gasteiger partial charge in [0.1, 0.15) is 12.6 Å². The summed E-state index contributed by atoms with van der Waals surface area (Å²) < 4.78 is 20.9. The van der Waals surface area contributed by atoms with Crippen molar-refractivity contribution in [3.8, 4) is 12.8 Å². The van der Waals surface area contributed by atoms with Crippen molar-refractivity contribution < 1.29 is 13.9 Å². The van der Waals surface area contributed by atoms with Crippen molar-refractivity contribution in [2.75, 3.05) is 38.8 Å². The van der Waals surface area contributed by atoms with Crippen molar-refractivity contribution in [1.29, 1.82) is 0 Å². The summed E-state index contributed by atoms with van der Waals surface area (Å²) in [5.74, 6) is 0.663. The Morgan fingerprint density at radius 2 is 1.80 bits per heavy atom. The predicted molar refractivity (Wildman–Crippen MR) is 163 cm³/mol. The zero-order valence-corrected chi connectivity index (χ0v) is 25.0. The Morgan fingerprint density at radius 1 is 1.18 bits per heavy atom. The largest absolute Gasteiger partial charge is 0.423 e. The van der Waals surface area contributed by atoms with Crippen molar-refractivity contribution in [3.05, 3.63) is 75.9 Å². The van der Waals surface area contributed by atoms with Gasteiger partial charge in [-0.15, -0.1) is 17.9 Å². The molecule has 216 valence electrons. The maximum atomic E-state index is 15.0. The minimum Gasteiger partial charge on any atom is -0.423 e. The number of piperidine rings is 1. The normalized spacial score (nSPS) is 16.1. The van der Waals surface area contributed by atoms with E-state index in [1.165, 1.54) is 5.56 Å². The Morgan fingerprint density at radius 3 is 2.40 bits per heavy atom. The van der Waals surface area contributed by atoms with E-state index in [-0.39, 0.29) is 11.9 Å². The van der Waals surface area contributed by atoms with Crippen LogP contribution >= 0.6 is 11.6 Å². The first-order chi connectivity index (χ1) is 19.1. The molecule has 0 saturated carbocycles. The van der Waals surface area contributed by atoms with Gasteiger partial charge >= 0.3 is 0 Å². The summed E-state index contributed by atoms with van der Waals surface area (Å²) in [7, 11) is 4.21. The average Bonchev–Trinajstić information content (AvgIpc) is 3.39. The molecule has 0 bridgehead atoms. The van der Waals surface area contributed by atoms with E-state index in [9.17, 15) is 0 Å². The third-order valence-electron chi connectivity index (χ3n) is 7.53. The second-order valence-electron chi connectivity index (χ2n) is 10.1. The first-order valence-corrected chi connectivity index (χ1v) is 13.5. The average molecular weight is 570 g/mol. The van der Waals surface area contributed by atoms with Crippen LogP contribution in [0.2, 0.25) is 5.02 Å². The van der Waals surface area contributed by atoms with E-state index >= 15 is 4.39 Å². The SMILES string of the molecule is C#C.C=C1NN=C(C(Cc2c(F)ccc(C)c2C)N(C)CN(c2cc(Cl)ccc2C)C2CCN(C)CC2)O1.C=O. The summed E-state index contributed by atoms with van der Waals surface area (Å²) in [5.41, 5.74) is 7.81. The number of anilines is 1. The molecule has 0 aliphatic carbocycles. The molecule has 2 aliphatic heterocycles. The molecule has 40 heavy (non-hydrogen) atoms. The summed E-state index contributed by atoms with van der Waals surface area (Å²) in [5, 5.41) is 5.10. The molecule has 0 radical (unpaired) electrons. The van der Waals surface area contributed by atoms with Crippen molar-refractivity contribution in [3.63, 3.8) is 0 Å². The molecule has 0 aromatic heterocycles. The number of terminal acetylenes is 1. The Labute approximate surface area is 243 Å². The number of rotatable bonds is 8. The van der Waals surface area contributed by atoms with E-state index in [0.29, 0.717) is 41.5 Å². The molecule has 1 saturated heterocycles. The molecule has 1 atom stereocenters. The highest BCUT2D eigenvalue weighted by Crippen LogP contribution is 2.30. The number of aryl methyl sites for hydroxylation is 2. The van der Waals surface area contributed by atoms with E-state index in [4.69, 9.17) is 21.1 Å². The summed E-state index contributed by atoms with van der Waals surface area (Å²) in [6, 6.07) is 9.49. The fraction of sp³-hybridized carbons (Fsp3) is 0.419. The predicted octanol–water partition coefficient (Wildman–Crippen LogP) is 5.27. The fourth-order valence-corrected chi connectivity index (χ4v) is 5.24. The highest BCUT2D eigenvalue weighted by Gasteiger charge is 2.32. The van der Waals surface area contributed by atoms with Crippen LogP contribution in [0.25, 0.3) is 0 Å². The number of hydrogen-bond acceptors (Lipinski definition) is 7. The number of nitrogens with zero attached hydrogens (tertiary/aromatic N) is 4. The molecular weight excluding hydrogens is 529 g/mol. The Balaban J connectivity index is 0.00000134. The maximum absolute atomic E-state index is 15.0. The summed E-state index contributed by atoms with van der Waals surface area (Å²) >= 11 is 6.45. The lowest BCUT2D eigenvalue weighted by molar-refractivity contribution is -0.0980. The lowest BCUT2D eigenvalue weighted by Crippen LogP contribution is -2.52. The molecule has 2 aliphatic rings. The van der Waals surface area contributed by atoms with Crippen LogP contribution in [0.3, 0.4) is 0 Å². The number of carbonyl (C=O) groups is 1. The number of benzene rings is 2. The third kappa shape index (κ3) is 8.07. The molecular formula is C31H41ClFN5O2. The number of halogens is 2. The van der Waals surface area contributed by atoms with Crippen LogP contribution in [-0.4, -0.2) is 68.4 Å². The van der Waals surface area contributed by atoms with Crippen LogP contribution in [0, 0.1) is 39.4 Å². The van der Waals surface area contributed by atoms with Crippen LogP contribution in [0.4, 0.5) is 10.1 Å². The molecule has 1 N–H and O–H groups in total. The third-order valence-corrected chi connectivity index (χ3v) is 7.77. The quantitative estimate of drug-likeness (QED) is 0.345. The van der Waals surface area contributed by atoms with Crippen LogP contribution in [0.5, 0.6) is 0 Å². The van der Waals surface area contributed by atoms with Gasteiger partial charge in [0.2, 0.25) is 11.8 Å². The number of hydrazone groups is 1. The molecule has 2 heterocycles. The van der Waals surface area contributed by atoms with Gasteiger partial charge in [0.15, 0.2) is 0 Å². The molecule has 2 aromatic carbocycles. The molecule has 4 rings (SSSR count). The summed E-state index contributed by atoms with van der Waals surface area (Å²) in [4.78, 5) is 15.0. The van der Waals surface area contributed by atoms with Crippen molar-refractivity contribution >= 4 is 30.0 Å². The standard InChI is InChI=1S/C28H37ClFN5O.C2H2.CH2O/c1-18-8-10-25(30)24(20(18)3)16-27(28-32-31-21(4)36-28)34(6)17-35(23-11-13-33(5)14-12-23)26-15-22(29)9-7-19(26)2;2*1-2/h7-10,15,23,27,31H,4,11-14,16-17H2,1-3,5-6H3;1-2H;1H2. The Kier molecular flexibility index (Phi) is 12.7. The summed E-state index contributed by atoms with van der Waals surface area (Å²) in [6.07, 6.45) is 10.5. The highest BCUT2D eigenvalue weighted by atomic mass is 35.5. The van der Waals surface area contributed by atoms with Gasteiger partial charge in [0.05, 0.1) is 12.7 Å². The zero-order valence-electron chi connectivity index (χ0n) is 24.2. The van der Waals surface area contributed by atoms with E-state index in [1.807, 2.05) is 39.8 Å². The van der Waals surface area contributed by atoms with Crippen molar-refractivity contribution in [2.24, 2.45) is 5.10 Å². The molecule has 1 unspecified atom stereocenters. The monoisotopic (exact) mass is 569 g/mol. The van der Waals surface area contributed by atoms with Crippen molar-refractivity contribution in [2.45, 2.75) is 52.1 Å². The van der Waals surface area contributed by atoms with Crippen LogP contribution in [0.1, 0.15) is 35.1 Å². The topological polar surface area (TPSA) is 60.4 Å². The minimum atomic E-state index is -0.292. The van der Waals surface area contributed by atoms with E-state index in [2.05, 4.69) is 70.8 Å². The number of hydrogen-bond donors (Lipinski definition) is 1. The number of likely N-dealkylation sites (tertiary alicyclic amines) is 1. The Hall–Kier alpha value is -3.38. The molecule has 0 spiro atoms. The molecule has 1 fully saturated rings. The number of carbonyl (C=O) groups excluding carboxylic acids is 1. The van der Waals surface area contributed by atoms with Gasteiger partial charge < -0.3 is 19.3 Å². The van der Waals surface area contributed by atoms with E-state index < -0.39 is 0 Å². The van der Waals surface area contributed by atoms with E-state index in [1.54, 1.807) is 6.07 Å². The van der Waals surface area contributed by atoms with Crippen LogP contribution in [0.15, 0.2) is 47.9 Å². The zero-order chi connectivity index (χ0) is 30.0. The smallest absolute Gasteiger partial charge is 0.231 e. The van der Waals surface area contributed by atoms with Crippen LogP contribution in [-0.2, 0) is 16.0 Å². The first kappa shape index (κ1) is 32.8. The molecule has 9 heteroatoms. The number of nitrogens with one attached hydrogen (secondary N) is 1. The summed E-state index contributed by atoms with van der Waals surface area (Å²) in [6.45, 7) is 14.6. The molecule has 2 aromatic rings. The van der Waals surface area contributed by atoms with Crippen LogP contribution < -0.4 is 10.3 Å². The van der Waals surface area contributed by atoms with Gasteiger partial charge in [-0.05, 0) is 108 Å². The van der Waals surface area contributed by atoms with E-state index in [0.717, 1.165) is 42.7 Å². The lowest BCUT2D eigenvalue weighted by atomic mass is 9.96. The van der Waals surface area contributed by atoms with Gasteiger partial charge in [-0.25, -0.2) is 9.82 Å². The maximum Gasteiger partial charge on any atom is 0.231 e. The second-order valence-corrected chi connectivity index (χ2v) is 10.5. The van der Waals surface area contributed by atoms with Gasteiger partial charge in [-0.2, -0.15) is 0 Å². The number of ether oxygens (including phenoxy) is 1. The fourth-order valence-electron chi connectivity index (χ4n) is 5.07. The highest BCUT2D eigenvalue weighted by molar-refractivity contribution is 6.30. The second kappa shape index (κ2) is 15.4. The molecule has 0 amide bonds. The van der Waals surface area contributed by atoms with Gasteiger partial charge in [-0.3, -0.25) is 4.90 Å². The first-order valence-electron chi connectivity index (χ1n) is 13.1. The number of likely N-dealkylation sites (N-methyl/N-ethyl adjacent to an activating group) is 1. The Bertz CT molecular complexity index is 1210. The van der Waals surface area contributed by atoms with Gasteiger partial charge in [0, 0.05) is 23.2 Å².